The van der Waals surface area contributed by atoms with Gasteiger partial charge < -0.3 is 10.8 Å². The van der Waals surface area contributed by atoms with E-state index >= 15 is 0 Å². The van der Waals surface area contributed by atoms with Crippen molar-refractivity contribution in [1.82, 2.24) is 0 Å². The lowest BCUT2D eigenvalue weighted by Crippen LogP contribution is -2.22. The minimum Gasteiger partial charge on any atom is -0.387 e. The zero-order valence-electron chi connectivity index (χ0n) is 8.34. The van der Waals surface area contributed by atoms with Crippen LogP contribution in [0.15, 0.2) is 11.6 Å². The fourth-order valence-electron chi connectivity index (χ4n) is 1.85. The van der Waals surface area contributed by atoms with Gasteiger partial charge in [-0.15, -0.1) is 0 Å². The number of aliphatic hydroxyl groups excluding tert-OH is 1. The molecule has 2 heteroatoms. The van der Waals surface area contributed by atoms with Crippen LogP contribution >= 0.6 is 0 Å². The molecule has 0 heterocycles. The summed E-state index contributed by atoms with van der Waals surface area (Å²) in [5.74, 6) is 0. The van der Waals surface area contributed by atoms with Crippen molar-refractivity contribution in [3.05, 3.63) is 11.6 Å². The molecule has 1 atom stereocenters. The second-order valence-electron chi connectivity index (χ2n) is 3.84. The number of hydrogen-bond donors (Lipinski definition) is 2. The van der Waals surface area contributed by atoms with Gasteiger partial charge in [0.2, 0.25) is 0 Å². The monoisotopic (exact) mass is 183 g/mol. The summed E-state index contributed by atoms with van der Waals surface area (Å²) in [6.45, 7) is 0.367. The Morgan fingerprint density at radius 2 is 1.92 bits per heavy atom. The Morgan fingerprint density at radius 1 is 1.23 bits per heavy atom. The van der Waals surface area contributed by atoms with Gasteiger partial charge >= 0.3 is 0 Å². The quantitative estimate of drug-likeness (QED) is 0.643. The van der Waals surface area contributed by atoms with Crippen molar-refractivity contribution in [1.29, 1.82) is 0 Å². The first kappa shape index (κ1) is 10.7. The zero-order valence-corrected chi connectivity index (χ0v) is 8.34. The molecular weight excluding hydrogens is 162 g/mol. The largest absolute Gasteiger partial charge is 0.387 e. The molecule has 0 saturated heterocycles. The summed E-state index contributed by atoms with van der Waals surface area (Å²) >= 11 is 0. The lowest BCUT2D eigenvalue weighted by Gasteiger charge is -2.12. The molecule has 1 rings (SSSR count). The number of allylic oxidation sites excluding steroid dienone is 1. The van der Waals surface area contributed by atoms with Crippen LogP contribution in [-0.2, 0) is 0 Å². The molecule has 0 spiro atoms. The van der Waals surface area contributed by atoms with Gasteiger partial charge in [0.1, 0.15) is 0 Å². The van der Waals surface area contributed by atoms with E-state index in [1.807, 2.05) is 0 Å². The van der Waals surface area contributed by atoms with E-state index in [-0.39, 0.29) is 0 Å². The highest BCUT2D eigenvalue weighted by molar-refractivity contribution is 5.08. The maximum atomic E-state index is 9.60. The van der Waals surface area contributed by atoms with Crippen LogP contribution in [0.25, 0.3) is 0 Å². The van der Waals surface area contributed by atoms with Gasteiger partial charge in [-0.3, -0.25) is 0 Å². The third-order valence-corrected chi connectivity index (χ3v) is 2.73. The summed E-state index contributed by atoms with van der Waals surface area (Å²) < 4.78 is 0. The number of hydrogen-bond acceptors (Lipinski definition) is 2. The molecule has 2 nitrogen and oxygen atoms in total. The number of nitrogens with two attached hydrogens (primary N) is 1. The minimum atomic E-state index is -0.391. The van der Waals surface area contributed by atoms with Gasteiger partial charge in [0.25, 0.3) is 0 Å². The highest BCUT2D eigenvalue weighted by Gasteiger charge is 2.09. The molecule has 76 valence electrons. The van der Waals surface area contributed by atoms with Crippen molar-refractivity contribution in [3.8, 4) is 0 Å². The molecule has 13 heavy (non-hydrogen) atoms. The van der Waals surface area contributed by atoms with Crippen LogP contribution in [0.2, 0.25) is 0 Å². The molecule has 0 bridgehead atoms. The first-order chi connectivity index (χ1) is 6.34. The Hall–Kier alpha value is -0.340. The Morgan fingerprint density at radius 3 is 2.69 bits per heavy atom. The van der Waals surface area contributed by atoms with Crippen LogP contribution in [0, 0.1) is 0 Å². The zero-order chi connectivity index (χ0) is 9.52. The minimum absolute atomic E-state index is 0.367. The summed E-state index contributed by atoms with van der Waals surface area (Å²) in [5, 5.41) is 9.60. The normalized spacial score (nSPS) is 26.5. The Bertz CT molecular complexity index is 165. The molecule has 0 aliphatic heterocycles. The van der Waals surface area contributed by atoms with Gasteiger partial charge in [-0.1, -0.05) is 25.3 Å². The molecule has 0 radical (unpaired) electrons. The predicted octanol–water partition coefficient (Wildman–Crippen LogP) is 1.98. The van der Waals surface area contributed by atoms with Crippen LogP contribution < -0.4 is 5.73 Å². The summed E-state index contributed by atoms with van der Waals surface area (Å²) in [5.41, 5.74) is 6.61. The Balaban J connectivity index is 2.46. The summed E-state index contributed by atoms with van der Waals surface area (Å²) in [6.07, 6.45) is 10.4. The molecule has 0 saturated carbocycles. The number of rotatable bonds is 2. The first-order valence-electron chi connectivity index (χ1n) is 5.41. The third-order valence-electron chi connectivity index (χ3n) is 2.73. The van der Waals surface area contributed by atoms with Crippen molar-refractivity contribution < 1.29 is 5.11 Å². The van der Waals surface area contributed by atoms with Crippen LogP contribution in [0.3, 0.4) is 0 Å². The van der Waals surface area contributed by atoms with E-state index in [0.29, 0.717) is 6.54 Å². The van der Waals surface area contributed by atoms with Crippen molar-refractivity contribution in [2.45, 2.75) is 51.0 Å². The Kier molecular flexibility index (Phi) is 5.09. The molecule has 1 aliphatic rings. The molecule has 0 fully saturated rings. The highest BCUT2D eigenvalue weighted by Crippen LogP contribution is 2.18. The van der Waals surface area contributed by atoms with Crippen molar-refractivity contribution in [3.63, 3.8) is 0 Å². The second-order valence-corrected chi connectivity index (χ2v) is 3.84. The SMILES string of the molecule is NCC(O)/C1=C/CCCCCCC1. The smallest absolute Gasteiger partial charge is 0.0872 e. The molecule has 3 N–H and O–H groups in total. The molecule has 1 aliphatic carbocycles. The van der Waals surface area contributed by atoms with Gasteiger partial charge in [0, 0.05) is 6.54 Å². The third kappa shape index (κ3) is 3.92. The number of aliphatic hydroxyl groups is 1. The van der Waals surface area contributed by atoms with E-state index in [0.717, 1.165) is 12.8 Å². The van der Waals surface area contributed by atoms with Crippen LogP contribution in [0.5, 0.6) is 0 Å². The van der Waals surface area contributed by atoms with E-state index in [2.05, 4.69) is 6.08 Å². The molecule has 0 aromatic rings. The maximum Gasteiger partial charge on any atom is 0.0872 e. The summed E-state index contributed by atoms with van der Waals surface area (Å²) in [7, 11) is 0. The van der Waals surface area contributed by atoms with Gasteiger partial charge in [0.15, 0.2) is 0 Å². The van der Waals surface area contributed by atoms with Gasteiger partial charge in [-0.05, 0) is 31.3 Å². The second kappa shape index (κ2) is 6.17. The molecule has 0 aromatic heterocycles. The Labute approximate surface area is 80.8 Å². The summed E-state index contributed by atoms with van der Waals surface area (Å²) in [4.78, 5) is 0. The molecule has 1 unspecified atom stereocenters. The van der Waals surface area contributed by atoms with Crippen molar-refractivity contribution in [2.75, 3.05) is 6.54 Å². The van der Waals surface area contributed by atoms with Crippen LogP contribution in [0.4, 0.5) is 0 Å². The van der Waals surface area contributed by atoms with Gasteiger partial charge in [-0.25, -0.2) is 0 Å². The average Bonchev–Trinajstić information content (AvgIpc) is 2.29. The predicted molar refractivity (Wildman–Crippen MR) is 55.5 cm³/mol. The maximum absolute atomic E-state index is 9.60. The van der Waals surface area contributed by atoms with Crippen LogP contribution in [0.1, 0.15) is 44.9 Å². The van der Waals surface area contributed by atoms with E-state index in [9.17, 15) is 5.11 Å². The molecular formula is C11H21NO. The van der Waals surface area contributed by atoms with E-state index in [1.165, 1.54) is 37.7 Å². The van der Waals surface area contributed by atoms with Gasteiger partial charge in [0.05, 0.1) is 6.10 Å². The highest BCUT2D eigenvalue weighted by atomic mass is 16.3. The van der Waals surface area contributed by atoms with E-state index in [1.54, 1.807) is 0 Å². The molecule has 0 amide bonds. The standard InChI is InChI=1S/C11H21NO/c12-9-11(13)10-7-5-3-1-2-4-6-8-10/h7,11,13H,1-6,8-9,12H2/b10-7+. The van der Waals surface area contributed by atoms with Gasteiger partial charge in [-0.2, -0.15) is 0 Å². The lowest BCUT2D eigenvalue weighted by molar-refractivity contribution is 0.213. The first-order valence-corrected chi connectivity index (χ1v) is 5.41. The van der Waals surface area contributed by atoms with Crippen molar-refractivity contribution >= 4 is 0 Å². The average molecular weight is 183 g/mol. The summed E-state index contributed by atoms with van der Waals surface area (Å²) in [6, 6.07) is 0. The van der Waals surface area contributed by atoms with Crippen molar-refractivity contribution in [2.24, 2.45) is 5.73 Å². The van der Waals surface area contributed by atoms with E-state index < -0.39 is 6.10 Å². The lowest BCUT2D eigenvalue weighted by atomic mass is 10.0. The fraction of sp³-hybridized carbons (Fsp3) is 0.818. The topological polar surface area (TPSA) is 46.2 Å². The van der Waals surface area contributed by atoms with E-state index in [4.69, 9.17) is 5.73 Å². The molecule has 0 aromatic carbocycles. The fourth-order valence-corrected chi connectivity index (χ4v) is 1.85. The van der Waals surface area contributed by atoms with Crippen LogP contribution in [-0.4, -0.2) is 17.8 Å².